The minimum absolute atomic E-state index is 0.224. The fourth-order valence-electron chi connectivity index (χ4n) is 2.34. The quantitative estimate of drug-likeness (QED) is 0.905. The summed E-state index contributed by atoms with van der Waals surface area (Å²) >= 11 is 5.84. The van der Waals surface area contributed by atoms with Gasteiger partial charge in [0.2, 0.25) is 0 Å². The standard InChI is InChI=1S/C14H13ClF3NO4/c15-9-3-1-2-4-10(9)23-7-11(20)19-6-5-13(8-19,12(21)22)14(16,17)18/h1-4H,5-8H2,(H,21,22). The van der Waals surface area contributed by atoms with E-state index < -0.39 is 43.0 Å². The van der Waals surface area contributed by atoms with Crippen molar-refractivity contribution >= 4 is 23.5 Å². The summed E-state index contributed by atoms with van der Waals surface area (Å²) in [6, 6.07) is 6.33. The Morgan fingerprint density at radius 1 is 1.35 bits per heavy atom. The third kappa shape index (κ3) is 3.36. The van der Waals surface area contributed by atoms with E-state index in [1.54, 1.807) is 12.1 Å². The van der Waals surface area contributed by atoms with Crippen LogP contribution in [0.3, 0.4) is 0 Å². The highest BCUT2D eigenvalue weighted by molar-refractivity contribution is 6.32. The molecule has 1 N–H and O–H groups in total. The molecule has 0 saturated carbocycles. The number of carbonyl (C=O) groups is 2. The SMILES string of the molecule is O=C(COc1ccccc1Cl)N1CCC(C(=O)O)(C(F)(F)F)C1. The lowest BCUT2D eigenvalue weighted by molar-refractivity contribution is -0.227. The van der Waals surface area contributed by atoms with E-state index >= 15 is 0 Å². The minimum Gasteiger partial charge on any atom is -0.482 e. The zero-order chi connectivity index (χ0) is 17.3. The Hall–Kier alpha value is -1.96. The number of carboxylic acids is 1. The average Bonchev–Trinajstić information content (AvgIpc) is 2.92. The molecule has 0 spiro atoms. The summed E-state index contributed by atoms with van der Waals surface area (Å²) in [4.78, 5) is 23.9. The molecule has 1 amide bonds. The zero-order valence-corrected chi connectivity index (χ0v) is 12.5. The Labute approximate surface area is 134 Å². The number of aliphatic carboxylic acids is 1. The van der Waals surface area contributed by atoms with Gasteiger partial charge in [-0.25, -0.2) is 0 Å². The van der Waals surface area contributed by atoms with E-state index in [9.17, 15) is 22.8 Å². The summed E-state index contributed by atoms with van der Waals surface area (Å²) in [5.74, 6) is -2.48. The molecule has 23 heavy (non-hydrogen) atoms. The molecule has 126 valence electrons. The fourth-order valence-corrected chi connectivity index (χ4v) is 2.53. The highest BCUT2D eigenvalue weighted by atomic mass is 35.5. The smallest absolute Gasteiger partial charge is 0.406 e. The maximum Gasteiger partial charge on any atom is 0.406 e. The average molecular weight is 352 g/mol. The minimum atomic E-state index is -4.93. The van der Waals surface area contributed by atoms with Crippen molar-refractivity contribution in [3.05, 3.63) is 29.3 Å². The third-order valence-electron chi connectivity index (χ3n) is 3.76. The first-order valence-corrected chi connectivity index (χ1v) is 7.00. The number of halogens is 4. The number of nitrogens with zero attached hydrogens (tertiary/aromatic N) is 1. The van der Waals surface area contributed by atoms with Gasteiger partial charge in [0.05, 0.1) is 5.02 Å². The highest BCUT2D eigenvalue weighted by Crippen LogP contribution is 2.45. The number of amides is 1. The van der Waals surface area contributed by atoms with E-state index in [0.717, 1.165) is 4.90 Å². The fraction of sp³-hybridized carbons (Fsp3) is 0.429. The van der Waals surface area contributed by atoms with Gasteiger partial charge in [-0.2, -0.15) is 13.2 Å². The van der Waals surface area contributed by atoms with Crippen LogP contribution in [0.4, 0.5) is 13.2 Å². The van der Waals surface area contributed by atoms with Crippen LogP contribution in [0, 0.1) is 5.41 Å². The molecule has 1 aromatic carbocycles. The van der Waals surface area contributed by atoms with Crippen LogP contribution in [0.2, 0.25) is 5.02 Å². The summed E-state index contributed by atoms with van der Waals surface area (Å²) in [6.07, 6.45) is -5.61. The number of benzene rings is 1. The maximum atomic E-state index is 13.0. The second kappa shape index (κ2) is 6.27. The molecule has 0 aliphatic carbocycles. The Morgan fingerprint density at radius 2 is 2.00 bits per heavy atom. The van der Waals surface area contributed by atoms with Crippen molar-refractivity contribution in [2.24, 2.45) is 5.41 Å². The van der Waals surface area contributed by atoms with Gasteiger partial charge in [-0.1, -0.05) is 23.7 Å². The molecule has 1 aromatic rings. The van der Waals surface area contributed by atoms with Crippen molar-refractivity contribution in [3.63, 3.8) is 0 Å². The lowest BCUT2D eigenvalue weighted by atomic mass is 9.86. The molecule has 2 rings (SSSR count). The lowest BCUT2D eigenvalue weighted by Crippen LogP contribution is -2.48. The van der Waals surface area contributed by atoms with Crippen LogP contribution in [0.25, 0.3) is 0 Å². The van der Waals surface area contributed by atoms with Crippen molar-refractivity contribution in [2.75, 3.05) is 19.7 Å². The molecule has 1 fully saturated rings. The molecule has 1 saturated heterocycles. The van der Waals surface area contributed by atoms with Gasteiger partial charge in [-0.3, -0.25) is 9.59 Å². The van der Waals surface area contributed by atoms with Crippen LogP contribution < -0.4 is 4.74 Å². The second-order valence-corrected chi connectivity index (χ2v) is 5.58. The van der Waals surface area contributed by atoms with Gasteiger partial charge in [-0.15, -0.1) is 0 Å². The Kier molecular flexibility index (Phi) is 4.74. The lowest BCUT2D eigenvalue weighted by Gasteiger charge is -2.27. The van der Waals surface area contributed by atoms with Gasteiger partial charge in [0.1, 0.15) is 5.75 Å². The number of ether oxygens (including phenoxy) is 1. The molecule has 1 aliphatic heterocycles. The molecule has 0 radical (unpaired) electrons. The Bertz CT molecular complexity index is 622. The predicted octanol–water partition coefficient (Wildman–Crippen LogP) is 2.58. The van der Waals surface area contributed by atoms with Crippen LogP contribution in [-0.4, -0.2) is 47.8 Å². The number of carboxylic acid groups (broad SMARTS) is 1. The van der Waals surface area contributed by atoms with E-state index in [2.05, 4.69) is 0 Å². The first-order chi connectivity index (χ1) is 10.7. The first-order valence-electron chi connectivity index (χ1n) is 6.62. The van der Waals surface area contributed by atoms with E-state index in [-0.39, 0.29) is 17.3 Å². The van der Waals surface area contributed by atoms with E-state index in [1.807, 2.05) is 0 Å². The van der Waals surface area contributed by atoms with Crippen molar-refractivity contribution < 1.29 is 32.6 Å². The van der Waals surface area contributed by atoms with Gasteiger partial charge >= 0.3 is 12.1 Å². The summed E-state index contributed by atoms with van der Waals surface area (Å²) < 4.78 is 44.3. The normalized spacial score (nSPS) is 21.3. The summed E-state index contributed by atoms with van der Waals surface area (Å²) in [5, 5.41) is 9.20. The molecular formula is C14H13ClF3NO4. The van der Waals surface area contributed by atoms with Crippen molar-refractivity contribution in [1.82, 2.24) is 4.90 Å². The van der Waals surface area contributed by atoms with Crippen LogP contribution in [0.15, 0.2) is 24.3 Å². The zero-order valence-electron chi connectivity index (χ0n) is 11.8. The molecule has 1 heterocycles. The highest BCUT2D eigenvalue weighted by Gasteiger charge is 2.64. The van der Waals surface area contributed by atoms with E-state index in [0.29, 0.717) is 0 Å². The molecule has 5 nitrogen and oxygen atoms in total. The molecule has 1 aliphatic rings. The Morgan fingerprint density at radius 3 is 2.52 bits per heavy atom. The van der Waals surface area contributed by atoms with Crippen LogP contribution in [0.1, 0.15) is 6.42 Å². The largest absolute Gasteiger partial charge is 0.482 e. The number of alkyl halides is 3. The molecule has 1 atom stereocenters. The number of para-hydroxylation sites is 1. The third-order valence-corrected chi connectivity index (χ3v) is 4.07. The summed E-state index contributed by atoms with van der Waals surface area (Å²) in [5.41, 5.74) is -2.92. The van der Waals surface area contributed by atoms with E-state index in [1.165, 1.54) is 12.1 Å². The topological polar surface area (TPSA) is 66.8 Å². The van der Waals surface area contributed by atoms with E-state index in [4.69, 9.17) is 21.4 Å². The maximum absolute atomic E-state index is 13.0. The summed E-state index contributed by atoms with van der Waals surface area (Å²) in [7, 11) is 0. The number of carbonyl (C=O) groups excluding carboxylic acids is 1. The second-order valence-electron chi connectivity index (χ2n) is 5.17. The predicted molar refractivity (Wildman–Crippen MR) is 74.3 cm³/mol. The van der Waals surface area contributed by atoms with Crippen molar-refractivity contribution in [3.8, 4) is 5.75 Å². The number of hydrogen-bond donors (Lipinski definition) is 1. The molecule has 1 unspecified atom stereocenters. The van der Waals surface area contributed by atoms with Crippen LogP contribution >= 0.6 is 11.6 Å². The number of hydrogen-bond acceptors (Lipinski definition) is 3. The van der Waals surface area contributed by atoms with Crippen LogP contribution in [-0.2, 0) is 9.59 Å². The van der Waals surface area contributed by atoms with Gasteiger partial charge < -0.3 is 14.7 Å². The molecule has 0 bridgehead atoms. The monoisotopic (exact) mass is 351 g/mol. The van der Waals surface area contributed by atoms with Crippen LogP contribution in [0.5, 0.6) is 5.75 Å². The van der Waals surface area contributed by atoms with Crippen molar-refractivity contribution in [2.45, 2.75) is 12.6 Å². The Balaban J connectivity index is 2.02. The number of rotatable bonds is 4. The number of likely N-dealkylation sites (tertiary alicyclic amines) is 1. The van der Waals surface area contributed by atoms with Gasteiger partial charge in [0, 0.05) is 13.1 Å². The molecule has 0 aromatic heterocycles. The van der Waals surface area contributed by atoms with Gasteiger partial charge in [0.25, 0.3) is 5.91 Å². The van der Waals surface area contributed by atoms with Gasteiger partial charge in [-0.05, 0) is 18.6 Å². The molecule has 9 heteroatoms. The molecular weight excluding hydrogens is 339 g/mol. The van der Waals surface area contributed by atoms with Crippen molar-refractivity contribution in [1.29, 1.82) is 0 Å². The first kappa shape index (κ1) is 17.4. The summed E-state index contributed by atoms with van der Waals surface area (Å²) in [6.45, 7) is -1.73. The van der Waals surface area contributed by atoms with Gasteiger partial charge in [0.15, 0.2) is 12.0 Å².